The van der Waals surface area contributed by atoms with E-state index in [0.29, 0.717) is 13.2 Å². The number of nitrogens with one attached hydrogen (secondary N) is 1. The van der Waals surface area contributed by atoms with Crippen molar-refractivity contribution in [2.45, 2.75) is 32.2 Å². The SMILES string of the molecule is CCOC1(CC)OCCNC1N. The van der Waals surface area contributed by atoms with Crippen molar-refractivity contribution in [2.24, 2.45) is 5.73 Å². The summed E-state index contributed by atoms with van der Waals surface area (Å²) in [6.07, 6.45) is 0.561. The average Bonchev–Trinajstić information content (AvgIpc) is 2.10. The van der Waals surface area contributed by atoms with Crippen LogP contribution in [0.2, 0.25) is 0 Å². The molecule has 2 unspecified atom stereocenters. The Morgan fingerprint density at radius 1 is 1.67 bits per heavy atom. The van der Waals surface area contributed by atoms with E-state index >= 15 is 0 Å². The Bertz CT molecular complexity index is 139. The van der Waals surface area contributed by atoms with Gasteiger partial charge in [0.25, 0.3) is 0 Å². The maximum atomic E-state index is 5.85. The molecule has 1 aliphatic rings. The van der Waals surface area contributed by atoms with Crippen LogP contribution in [0.3, 0.4) is 0 Å². The molecule has 0 saturated carbocycles. The van der Waals surface area contributed by atoms with E-state index < -0.39 is 5.79 Å². The fraction of sp³-hybridized carbons (Fsp3) is 1.00. The van der Waals surface area contributed by atoms with Crippen molar-refractivity contribution in [3.8, 4) is 0 Å². The molecule has 72 valence electrons. The molecule has 0 amide bonds. The lowest BCUT2D eigenvalue weighted by Crippen LogP contribution is -2.63. The lowest BCUT2D eigenvalue weighted by atomic mass is 10.1. The van der Waals surface area contributed by atoms with E-state index in [1.807, 2.05) is 13.8 Å². The van der Waals surface area contributed by atoms with E-state index in [2.05, 4.69) is 5.32 Å². The van der Waals surface area contributed by atoms with E-state index in [1.54, 1.807) is 0 Å². The summed E-state index contributed by atoms with van der Waals surface area (Å²) in [6.45, 7) is 6.06. The van der Waals surface area contributed by atoms with Crippen molar-refractivity contribution < 1.29 is 9.47 Å². The third-order valence-electron chi connectivity index (χ3n) is 2.17. The Balaban J connectivity index is 2.60. The summed E-state index contributed by atoms with van der Waals surface area (Å²) in [4.78, 5) is 0. The first-order chi connectivity index (χ1) is 5.75. The van der Waals surface area contributed by atoms with Crippen LogP contribution in [0.4, 0.5) is 0 Å². The van der Waals surface area contributed by atoms with Gasteiger partial charge in [0.15, 0.2) is 5.79 Å². The largest absolute Gasteiger partial charge is 0.348 e. The highest BCUT2D eigenvalue weighted by molar-refractivity contribution is 4.83. The maximum absolute atomic E-state index is 5.85. The zero-order valence-electron chi connectivity index (χ0n) is 7.80. The summed E-state index contributed by atoms with van der Waals surface area (Å²) < 4.78 is 11.1. The van der Waals surface area contributed by atoms with Gasteiger partial charge in [-0.2, -0.15) is 0 Å². The summed E-state index contributed by atoms with van der Waals surface area (Å²) in [5.41, 5.74) is 5.85. The Labute approximate surface area is 73.4 Å². The first kappa shape index (κ1) is 9.92. The van der Waals surface area contributed by atoms with Crippen molar-refractivity contribution in [3.63, 3.8) is 0 Å². The average molecular weight is 174 g/mol. The molecule has 4 nitrogen and oxygen atoms in total. The minimum Gasteiger partial charge on any atom is -0.348 e. The molecule has 1 saturated heterocycles. The molecule has 0 bridgehead atoms. The van der Waals surface area contributed by atoms with Gasteiger partial charge in [-0.15, -0.1) is 0 Å². The van der Waals surface area contributed by atoms with Crippen LogP contribution in [-0.2, 0) is 9.47 Å². The number of morpholine rings is 1. The quantitative estimate of drug-likeness (QED) is 0.634. The smallest absolute Gasteiger partial charge is 0.196 e. The molecular formula is C8H18N2O2. The predicted octanol–water partition coefficient (Wildman–Crippen LogP) is 0.0338. The summed E-state index contributed by atoms with van der Waals surface area (Å²) >= 11 is 0. The van der Waals surface area contributed by atoms with Gasteiger partial charge in [0, 0.05) is 19.6 Å². The molecule has 1 fully saturated rings. The monoisotopic (exact) mass is 174 g/mol. The molecule has 2 atom stereocenters. The second-order valence-corrected chi connectivity index (χ2v) is 2.88. The molecule has 0 aromatic heterocycles. The summed E-state index contributed by atoms with van der Waals surface area (Å²) in [5.74, 6) is -0.604. The molecule has 1 heterocycles. The topological polar surface area (TPSA) is 56.5 Å². The van der Waals surface area contributed by atoms with Gasteiger partial charge in [-0.05, 0) is 6.92 Å². The highest BCUT2D eigenvalue weighted by atomic mass is 16.7. The van der Waals surface area contributed by atoms with Gasteiger partial charge in [0.1, 0.15) is 6.17 Å². The molecule has 12 heavy (non-hydrogen) atoms. The number of hydrogen-bond acceptors (Lipinski definition) is 4. The normalized spacial score (nSPS) is 36.8. The molecule has 0 radical (unpaired) electrons. The second kappa shape index (κ2) is 4.18. The van der Waals surface area contributed by atoms with Gasteiger partial charge >= 0.3 is 0 Å². The lowest BCUT2D eigenvalue weighted by molar-refractivity contribution is -0.266. The van der Waals surface area contributed by atoms with Crippen LogP contribution in [0.15, 0.2) is 0 Å². The number of hydrogen-bond donors (Lipinski definition) is 2. The summed E-state index contributed by atoms with van der Waals surface area (Å²) in [6, 6.07) is 0. The Morgan fingerprint density at radius 3 is 2.92 bits per heavy atom. The first-order valence-corrected chi connectivity index (χ1v) is 4.52. The fourth-order valence-electron chi connectivity index (χ4n) is 1.48. The molecule has 0 spiro atoms. The third kappa shape index (κ3) is 1.77. The van der Waals surface area contributed by atoms with E-state index in [-0.39, 0.29) is 6.17 Å². The standard InChI is InChI=1S/C8H18N2O2/c1-3-8(11-4-2)7(9)10-5-6-12-8/h7,10H,3-6,9H2,1-2H3. The minimum absolute atomic E-state index is 0.212. The van der Waals surface area contributed by atoms with Crippen molar-refractivity contribution in [1.29, 1.82) is 0 Å². The Kier molecular flexibility index (Phi) is 3.46. The zero-order valence-corrected chi connectivity index (χ0v) is 7.80. The van der Waals surface area contributed by atoms with Crippen molar-refractivity contribution >= 4 is 0 Å². The Morgan fingerprint density at radius 2 is 2.42 bits per heavy atom. The van der Waals surface area contributed by atoms with Gasteiger partial charge in [-0.1, -0.05) is 6.92 Å². The second-order valence-electron chi connectivity index (χ2n) is 2.88. The van der Waals surface area contributed by atoms with Gasteiger partial charge in [0.2, 0.25) is 0 Å². The van der Waals surface area contributed by atoms with E-state index in [1.165, 1.54) is 0 Å². The molecule has 0 aromatic rings. The van der Waals surface area contributed by atoms with Crippen LogP contribution in [0.1, 0.15) is 20.3 Å². The van der Waals surface area contributed by atoms with E-state index in [0.717, 1.165) is 13.0 Å². The first-order valence-electron chi connectivity index (χ1n) is 4.52. The minimum atomic E-state index is -0.604. The van der Waals surface area contributed by atoms with Crippen LogP contribution in [0, 0.1) is 0 Å². The molecule has 4 heteroatoms. The van der Waals surface area contributed by atoms with Crippen molar-refractivity contribution in [3.05, 3.63) is 0 Å². The predicted molar refractivity (Wildman–Crippen MR) is 46.6 cm³/mol. The molecule has 1 aliphatic heterocycles. The molecular weight excluding hydrogens is 156 g/mol. The number of ether oxygens (including phenoxy) is 2. The number of rotatable bonds is 3. The van der Waals surface area contributed by atoms with Crippen LogP contribution in [-0.4, -0.2) is 31.7 Å². The molecule has 1 rings (SSSR count). The van der Waals surface area contributed by atoms with E-state index in [4.69, 9.17) is 15.2 Å². The molecule has 0 aromatic carbocycles. The Hall–Kier alpha value is -0.160. The van der Waals surface area contributed by atoms with Crippen molar-refractivity contribution in [2.75, 3.05) is 19.8 Å². The number of nitrogens with two attached hydrogens (primary N) is 1. The fourth-order valence-corrected chi connectivity index (χ4v) is 1.48. The summed E-state index contributed by atoms with van der Waals surface area (Å²) in [5, 5.41) is 3.14. The highest BCUT2D eigenvalue weighted by Crippen LogP contribution is 2.22. The van der Waals surface area contributed by atoms with Gasteiger partial charge < -0.3 is 15.2 Å². The molecule has 0 aliphatic carbocycles. The van der Waals surface area contributed by atoms with Gasteiger partial charge in [-0.25, -0.2) is 0 Å². The van der Waals surface area contributed by atoms with Gasteiger partial charge in [0.05, 0.1) is 6.61 Å². The van der Waals surface area contributed by atoms with Crippen LogP contribution in [0.5, 0.6) is 0 Å². The van der Waals surface area contributed by atoms with Crippen LogP contribution < -0.4 is 11.1 Å². The summed E-state index contributed by atoms with van der Waals surface area (Å²) in [7, 11) is 0. The van der Waals surface area contributed by atoms with Crippen LogP contribution >= 0.6 is 0 Å². The maximum Gasteiger partial charge on any atom is 0.196 e. The molecule has 3 N–H and O–H groups in total. The lowest BCUT2D eigenvalue weighted by Gasteiger charge is -2.41. The van der Waals surface area contributed by atoms with Crippen molar-refractivity contribution in [1.82, 2.24) is 5.32 Å². The van der Waals surface area contributed by atoms with Gasteiger partial charge in [-0.3, -0.25) is 5.32 Å². The zero-order chi connectivity index (χ0) is 9.03. The third-order valence-corrected chi connectivity index (χ3v) is 2.17. The van der Waals surface area contributed by atoms with Crippen LogP contribution in [0.25, 0.3) is 0 Å². The van der Waals surface area contributed by atoms with E-state index in [9.17, 15) is 0 Å². The highest BCUT2D eigenvalue weighted by Gasteiger charge is 2.39.